The summed E-state index contributed by atoms with van der Waals surface area (Å²) in [5.74, 6) is 0.371. The molecule has 0 saturated carbocycles. The molecule has 0 N–H and O–H groups in total. The Morgan fingerprint density at radius 2 is 1.06 bits per heavy atom. The van der Waals surface area contributed by atoms with Crippen molar-refractivity contribution >= 4 is 26.5 Å². The molecule has 1 nitrogen and oxygen atoms in total. The molecule has 2 heteroatoms. The molecule has 1 unspecified atom stereocenters. The van der Waals surface area contributed by atoms with E-state index in [0.717, 1.165) is 11.9 Å². The van der Waals surface area contributed by atoms with Crippen LogP contribution in [0.5, 0.6) is 0 Å². The number of benzene rings is 4. The van der Waals surface area contributed by atoms with Crippen molar-refractivity contribution in [3.63, 3.8) is 0 Å². The molecule has 0 amide bonds. The van der Waals surface area contributed by atoms with Gasteiger partial charge in [0.1, 0.15) is 0 Å². The zero-order chi connectivity index (χ0) is 22.8. The summed E-state index contributed by atoms with van der Waals surface area (Å²) in [5, 5.41) is 1.07. The molecule has 1 atom stereocenters. The maximum absolute atomic E-state index is 5.98. The van der Waals surface area contributed by atoms with E-state index in [-0.39, 0.29) is 0 Å². The first-order chi connectivity index (χ1) is 16.3. The van der Waals surface area contributed by atoms with Gasteiger partial charge in [-0.3, -0.25) is 0 Å². The monoisotopic (exact) mass is 494 g/mol. The van der Waals surface area contributed by atoms with E-state index >= 15 is 0 Å². The Morgan fingerprint density at radius 1 is 0.636 bits per heavy atom. The van der Waals surface area contributed by atoms with Crippen LogP contribution in [0.4, 0.5) is 0 Å². The molecule has 0 aliphatic rings. The number of hydrogen-bond acceptors (Lipinski definition) is 1. The Balaban J connectivity index is 1.57. The first kappa shape index (κ1) is 23.3. The first-order valence-corrected chi connectivity index (χ1v) is 16.4. The van der Waals surface area contributed by atoms with Crippen LogP contribution < -0.4 is 13.2 Å². The number of hydrogen-bond donors (Lipinski definition) is 0. The van der Waals surface area contributed by atoms with Crippen molar-refractivity contribution < 1.29 is 4.74 Å². The third kappa shape index (κ3) is 5.93. The molecule has 0 spiro atoms. The Hall–Kier alpha value is -2.88. The summed E-state index contributed by atoms with van der Waals surface area (Å²) in [6, 6.07) is 43.9. The van der Waals surface area contributed by atoms with Crippen LogP contribution >= 0.6 is 0 Å². The Kier molecular flexibility index (Phi) is 8.35. The fraction of sp³-hybridized carbons (Fsp3) is 0.161. The fourth-order valence-corrected chi connectivity index (χ4v) is 13.9. The van der Waals surface area contributed by atoms with Gasteiger partial charge in [0.15, 0.2) is 0 Å². The van der Waals surface area contributed by atoms with Gasteiger partial charge in [-0.1, -0.05) is 0 Å². The van der Waals surface area contributed by atoms with E-state index < -0.39 is 13.3 Å². The molecule has 4 rings (SSSR count). The average Bonchev–Trinajstić information content (AvgIpc) is 2.89. The Labute approximate surface area is 201 Å². The van der Waals surface area contributed by atoms with Crippen LogP contribution in [0.15, 0.2) is 133 Å². The Bertz CT molecular complexity index is 1010. The SMILES string of the molecule is CC(/C=C\[CH2][Ge]([c]1ccccc1)([c]1ccccc1)[c]1ccccc1)COCc1ccccc1. The summed E-state index contributed by atoms with van der Waals surface area (Å²) in [6.07, 6.45) is 4.77. The quantitative estimate of drug-likeness (QED) is 0.208. The van der Waals surface area contributed by atoms with Crippen molar-refractivity contribution in [2.24, 2.45) is 5.92 Å². The third-order valence-electron chi connectivity index (χ3n) is 6.18. The fourth-order valence-electron chi connectivity index (χ4n) is 4.49. The van der Waals surface area contributed by atoms with Gasteiger partial charge >= 0.3 is 202 Å². The molecule has 166 valence electrons. The number of allylic oxidation sites excluding steroid dienone is 1. The van der Waals surface area contributed by atoms with Crippen LogP contribution in [0.2, 0.25) is 5.25 Å². The van der Waals surface area contributed by atoms with Gasteiger partial charge in [-0.15, -0.1) is 0 Å². The van der Waals surface area contributed by atoms with Crippen molar-refractivity contribution in [2.45, 2.75) is 18.8 Å². The molecule has 4 aromatic carbocycles. The summed E-state index contributed by atoms with van der Waals surface area (Å²) >= 11 is -2.89. The zero-order valence-electron chi connectivity index (χ0n) is 19.3. The summed E-state index contributed by atoms with van der Waals surface area (Å²) < 4.78 is 10.5. The normalized spacial score (nSPS) is 12.6. The van der Waals surface area contributed by atoms with Gasteiger partial charge in [-0.25, -0.2) is 0 Å². The van der Waals surface area contributed by atoms with Gasteiger partial charge in [0.2, 0.25) is 0 Å². The van der Waals surface area contributed by atoms with Crippen molar-refractivity contribution in [3.8, 4) is 0 Å². The zero-order valence-corrected chi connectivity index (χ0v) is 21.4. The van der Waals surface area contributed by atoms with Crippen LogP contribution in [0, 0.1) is 5.92 Å². The molecule has 4 aromatic rings. The predicted octanol–water partition coefficient (Wildman–Crippen LogP) is 5.57. The van der Waals surface area contributed by atoms with E-state index in [4.69, 9.17) is 4.74 Å². The van der Waals surface area contributed by atoms with E-state index in [9.17, 15) is 0 Å². The van der Waals surface area contributed by atoms with Crippen molar-refractivity contribution in [1.82, 2.24) is 0 Å². The number of ether oxygens (including phenoxy) is 1. The molecule has 0 radical (unpaired) electrons. The molecular weight excluding hydrogens is 461 g/mol. The van der Waals surface area contributed by atoms with E-state index in [1.807, 2.05) is 6.07 Å². The predicted molar refractivity (Wildman–Crippen MR) is 143 cm³/mol. The van der Waals surface area contributed by atoms with Gasteiger partial charge in [0, 0.05) is 0 Å². The molecule has 0 fully saturated rings. The van der Waals surface area contributed by atoms with Crippen LogP contribution in [0.25, 0.3) is 0 Å². The van der Waals surface area contributed by atoms with E-state index in [1.165, 1.54) is 18.8 Å². The van der Waals surface area contributed by atoms with Gasteiger partial charge in [-0.05, 0) is 0 Å². The van der Waals surface area contributed by atoms with E-state index in [2.05, 4.69) is 134 Å². The minimum absolute atomic E-state index is 0.371. The van der Waals surface area contributed by atoms with E-state index in [1.54, 1.807) is 0 Å². The molecule has 0 bridgehead atoms. The molecular formula is C31H32GeO. The van der Waals surface area contributed by atoms with Crippen molar-refractivity contribution in [1.29, 1.82) is 0 Å². The maximum atomic E-state index is 5.98. The van der Waals surface area contributed by atoms with Gasteiger partial charge in [-0.2, -0.15) is 0 Å². The minimum atomic E-state index is -2.89. The second kappa shape index (κ2) is 11.8. The van der Waals surface area contributed by atoms with Gasteiger partial charge in [0.05, 0.1) is 0 Å². The summed E-state index contributed by atoms with van der Waals surface area (Å²) in [6.45, 7) is 3.63. The molecule has 0 heterocycles. The second-order valence-corrected chi connectivity index (χ2v) is 16.9. The molecule has 33 heavy (non-hydrogen) atoms. The van der Waals surface area contributed by atoms with Gasteiger partial charge < -0.3 is 0 Å². The van der Waals surface area contributed by atoms with E-state index in [0.29, 0.717) is 12.5 Å². The summed E-state index contributed by atoms with van der Waals surface area (Å²) in [7, 11) is 0. The average molecular weight is 493 g/mol. The molecule has 0 aromatic heterocycles. The van der Waals surface area contributed by atoms with Crippen molar-refractivity contribution in [3.05, 3.63) is 139 Å². The third-order valence-corrected chi connectivity index (χ3v) is 16.3. The number of rotatable bonds is 10. The second-order valence-electron chi connectivity index (χ2n) is 8.61. The van der Waals surface area contributed by atoms with Crippen LogP contribution in [0.1, 0.15) is 12.5 Å². The molecule has 0 aliphatic carbocycles. The molecule has 0 aliphatic heterocycles. The van der Waals surface area contributed by atoms with Crippen molar-refractivity contribution in [2.75, 3.05) is 6.61 Å². The van der Waals surface area contributed by atoms with Crippen LogP contribution in [-0.4, -0.2) is 19.9 Å². The van der Waals surface area contributed by atoms with Crippen LogP contribution in [0.3, 0.4) is 0 Å². The summed E-state index contributed by atoms with van der Waals surface area (Å²) in [4.78, 5) is 0. The summed E-state index contributed by atoms with van der Waals surface area (Å²) in [5.41, 5.74) is 1.22. The van der Waals surface area contributed by atoms with Gasteiger partial charge in [0.25, 0.3) is 0 Å². The Morgan fingerprint density at radius 3 is 1.52 bits per heavy atom. The first-order valence-electron chi connectivity index (χ1n) is 11.7. The standard InChI is InChI=1S/C31H32GeO/c1-27(25-33-26-28-16-6-2-7-17-28)15-14-24-32(29-18-8-3-9-19-29,30-20-10-4-11-21-30)31-22-12-5-13-23-31/h2-23,27H,24-26H2,1H3/b15-14-. The van der Waals surface area contributed by atoms with Crippen LogP contribution in [-0.2, 0) is 11.3 Å². The molecule has 0 saturated heterocycles. The topological polar surface area (TPSA) is 9.23 Å².